The summed E-state index contributed by atoms with van der Waals surface area (Å²) in [5.41, 5.74) is -0.260. The Labute approximate surface area is 139 Å². The summed E-state index contributed by atoms with van der Waals surface area (Å²) in [7, 11) is 0. The van der Waals surface area contributed by atoms with Crippen molar-refractivity contribution in [1.29, 1.82) is 0 Å². The fourth-order valence-electron chi connectivity index (χ4n) is 1.59. The SMILES string of the molecule is O=C(COc1ccccc1[N+](=O)[O-])OCC(=O)c1ccc(Cl)s1. The second kappa shape index (κ2) is 7.70. The number of hydrogen-bond acceptors (Lipinski definition) is 7. The highest BCUT2D eigenvalue weighted by molar-refractivity contribution is 7.18. The van der Waals surface area contributed by atoms with Gasteiger partial charge in [-0.2, -0.15) is 0 Å². The number of hydrogen-bond donors (Lipinski definition) is 0. The predicted octanol–water partition coefficient (Wildman–Crippen LogP) is 3.11. The number of nitro benzene ring substituents is 1. The van der Waals surface area contributed by atoms with E-state index in [1.165, 1.54) is 30.3 Å². The van der Waals surface area contributed by atoms with Crippen LogP contribution < -0.4 is 4.74 Å². The van der Waals surface area contributed by atoms with Crippen LogP contribution in [0.1, 0.15) is 9.67 Å². The van der Waals surface area contributed by atoms with Gasteiger partial charge in [0, 0.05) is 6.07 Å². The first-order valence-corrected chi connectivity index (χ1v) is 7.47. The summed E-state index contributed by atoms with van der Waals surface area (Å²) < 4.78 is 10.3. The van der Waals surface area contributed by atoms with Crippen molar-refractivity contribution in [3.63, 3.8) is 0 Å². The summed E-state index contributed by atoms with van der Waals surface area (Å²) in [5, 5.41) is 10.8. The number of carbonyl (C=O) groups is 2. The lowest BCUT2D eigenvalue weighted by Crippen LogP contribution is -2.19. The molecule has 2 aromatic rings. The molecule has 23 heavy (non-hydrogen) atoms. The van der Waals surface area contributed by atoms with Gasteiger partial charge in [0.1, 0.15) is 0 Å². The van der Waals surface area contributed by atoms with E-state index in [4.69, 9.17) is 21.1 Å². The lowest BCUT2D eigenvalue weighted by atomic mass is 10.3. The van der Waals surface area contributed by atoms with Crippen LogP contribution in [-0.4, -0.2) is 29.9 Å². The van der Waals surface area contributed by atoms with Gasteiger partial charge in [-0.3, -0.25) is 14.9 Å². The molecule has 0 radical (unpaired) electrons. The maximum atomic E-state index is 11.7. The zero-order valence-electron chi connectivity index (χ0n) is 11.6. The van der Waals surface area contributed by atoms with E-state index in [0.29, 0.717) is 9.21 Å². The Morgan fingerprint density at radius 3 is 2.57 bits per heavy atom. The van der Waals surface area contributed by atoms with E-state index in [-0.39, 0.29) is 17.2 Å². The molecule has 0 spiro atoms. The minimum Gasteiger partial charge on any atom is -0.475 e. The van der Waals surface area contributed by atoms with Gasteiger partial charge in [0.05, 0.1) is 14.1 Å². The molecule has 0 aliphatic rings. The average molecular weight is 356 g/mol. The molecule has 0 fully saturated rings. The first kappa shape index (κ1) is 16.9. The molecule has 0 aliphatic carbocycles. The summed E-state index contributed by atoms with van der Waals surface area (Å²) in [6.45, 7) is -0.987. The van der Waals surface area contributed by atoms with Gasteiger partial charge in [0.2, 0.25) is 5.78 Å². The molecular formula is C14H10ClNO6S. The largest absolute Gasteiger partial charge is 0.475 e. The van der Waals surface area contributed by atoms with Crippen LogP contribution in [0.15, 0.2) is 36.4 Å². The molecule has 0 saturated carbocycles. The Morgan fingerprint density at radius 2 is 1.91 bits per heavy atom. The van der Waals surface area contributed by atoms with E-state index in [1.807, 2.05) is 0 Å². The molecular weight excluding hydrogens is 346 g/mol. The van der Waals surface area contributed by atoms with Crippen LogP contribution in [-0.2, 0) is 9.53 Å². The summed E-state index contributed by atoms with van der Waals surface area (Å²) in [5.74, 6) is -1.24. The summed E-state index contributed by atoms with van der Waals surface area (Å²) in [6.07, 6.45) is 0. The molecule has 9 heteroatoms. The van der Waals surface area contributed by atoms with E-state index in [0.717, 1.165) is 11.3 Å². The number of esters is 1. The van der Waals surface area contributed by atoms with Gasteiger partial charge < -0.3 is 9.47 Å². The van der Waals surface area contributed by atoms with Crippen molar-refractivity contribution in [3.05, 3.63) is 55.7 Å². The minimum atomic E-state index is -0.806. The second-order valence-corrected chi connectivity index (χ2v) is 5.92. The van der Waals surface area contributed by atoms with Crippen molar-refractivity contribution in [3.8, 4) is 5.75 Å². The second-order valence-electron chi connectivity index (χ2n) is 4.20. The lowest BCUT2D eigenvalue weighted by Gasteiger charge is -2.06. The first-order chi connectivity index (χ1) is 11.0. The van der Waals surface area contributed by atoms with Crippen molar-refractivity contribution >= 4 is 40.4 Å². The van der Waals surface area contributed by atoms with Crippen LogP contribution in [0.4, 0.5) is 5.69 Å². The molecule has 1 heterocycles. The highest BCUT2D eigenvalue weighted by Crippen LogP contribution is 2.25. The Bertz CT molecular complexity index is 744. The van der Waals surface area contributed by atoms with Crippen LogP contribution in [0.2, 0.25) is 4.34 Å². The highest BCUT2D eigenvalue weighted by atomic mass is 35.5. The standard InChI is InChI=1S/C14H10ClNO6S/c15-13-6-5-12(23-13)10(17)7-22-14(18)8-21-11-4-2-1-3-9(11)16(19)20/h1-6H,7-8H2. The molecule has 1 aromatic heterocycles. The van der Waals surface area contributed by atoms with Gasteiger partial charge in [0.25, 0.3) is 0 Å². The minimum absolute atomic E-state index is 0.0502. The first-order valence-electron chi connectivity index (χ1n) is 6.27. The zero-order chi connectivity index (χ0) is 16.8. The quantitative estimate of drug-likeness (QED) is 0.328. The summed E-state index contributed by atoms with van der Waals surface area (Å²) in [4.78, 5) is 33.8. The summed E-state index contributed by atoms with van der Waals surface area (Å²) in [6, 6.07) is 8.74. The fraction of sp³-hybridized carbons (Fsp3) is 0.143. The summed E-state index contributed by atoms with van der Waals surface area (Å²) >= 11 is 6.79. The van der Waals surface area contributed by atoms with E-state index in [9.17, 15) is 19.7 Å². The third kappa shape index (κ3) is 4.76. The number of benzene rings is 1. The van der Waals surface area contributed by atoms with Crippen molar-refractivity contribution in [2.75, 3.05) is 13.2 Å². The fourth-order valence-corrected chi connectivity index (χ4v) is 2.56. The van der Waals surface area contributed by atoms with Crippen LogP contribution in [0, 0.1) is 10.1 Å². The Morgan fingerprint density at radius 1 is 1.17 bits per heavy atom. The maximum absolute atomic E-state index is 11.7. The van der Waals surface area contributed by atoms with Crippen LogP contribution in [0.25, 0.3) is 0 Å². The monoisotopic (exact) mass is 355 g/mol. The molecule has 0 N–H and O–H groups in total. The van der Waals surface area contributed by atoms with Crippen molar-refractivity contribution in [2.24, 2.45) is 0 Å². The number of Topliss-reactive ketones (excluding diaryl/α,β-unsaturated/α-hetero) is 1. The lowest BCUT2D eigenvalue weighted by molar-refractivity contribution is -0.385. The number of rotatable bonds is 7. The number of carbonyl (C=O) groups excluding carboxylic acids is 2. The van der Waals surface area contributed by atoms with Crippen molar-refractivity contribution in [1.82, 2.24) is 0 Å². The molecule has 1 aromatic carbocycles. The Balaban J connectivity index is 1.84. The number of thiophene rings is 1. The highest BCUT2D eigenvalue weighted by Gasteiger charge is 2.16. The Kier molecular flexibility index (Phi) is 5.67. The molecule has 0 amide bonds. The molecule has 0 unspecified atom stereocenters. The molecule has 0 aliphatic heterocycles. The zero-order valence-corrected chi connectivity index (χ0v) is 13.1. The number of para-hydroxylation sites is 2. The van der Waals surface area contributed by atoms with E-state index in [1.54, 1.807) is 6.07 Å². The number of nitro groups is 1. The maximum Gasteiger partial charge on any atom is 0.344 e. The Hall–Kier alpha value is -2.45. The van der Waals surface area contributed by atoms with Gasteiger partial charge >= 0.3 is 11.7 Å². The van der Waals surface area contributed by atoms with Crippen LogP contribution >= 0.6 is 22.9 Å². The van der Waals surface area contributed by atoms with E-state index >= 15 is 0 Å². The van der Waals surface area contributed by atoms with Gasteiger partial charge in [-0.05, 0) is 18.2 Å². The van der Waals surface area contributed by atoms with Gasteiger partial charge in [-0.15, -0.1) is 11.3 Å². The molecule has 2 rings (SSSR count). The number of nitrogens with zero attached hydrogens (tertiary/aromatic N) is 1. The molecule has 0 atom stereocenters. The number of halogens is 1. The van der Waals surface area contributed by atoms with Gasteiger partial charge in [-0.1, -0.05) is 23.7 Å². The van der Waals surface area contributed by atoms with Crippen LogP contribution in [0.3, 0.4) is 0 Å². The smallest absolute Gasteiger partial charge is 0.344 e. The van der Waals surface area contributed by atoms with E-state index < -0.39 is 24.1 Å². The van der Waals surface area contributed by atoms with E-state index in [2.05, 4.69) is 0 Å². The average Bonchev–Trinajstić information content (AvgIpc) is 2.97. The van der Waals surface area contributed by atoms with Crippen molar-refractivity contribution in [2.45, 2.75) is 0 Å². The molecule has 0 bridgehead atoms. The third-order valence-corrected chi connectivity index (χ3v) is 3.89. The molecule has 120 valence electrons. The molecule has 7 nitrogen and oxygen atoms in total. The predicted molar refractivity (Wildman–Crippen MR) is 83.2 cm³/mol. The number of ether oxygens (including phenoxy) is 2. The molecule has 0 saturated heterocycles. The van der Waals surface area contributed by atoms with Gasteiger partial charge in [0.15, 0.2) is 19.0 Å². The van der Waals surface area contributed by atoms with Crippen molar-refractivity contribution < 1.29 is 24.0 Å². The van der Waals surface area contributed by atoms with Gasteiger partial charge in [-0.25, -0.2) is 4.79 Å². The normalized spacial score (nSPS) is 10.1. The topological polar surface area (TPSA) is 95.7 Å². The third-order valence-electron chi connectivity index (χ3n) is 2.62. The number of ketones is 1. The van der Waals surface area contributed by atoms with Crippen LogP contribution in [0.5, 0.6) is 5.75 Å².